The molecule has 0 saturated carbocycles. The van der Waals surface area contributed by atoms with Gasteiger partial charge >= 0.3 is 0 Å². The van der Waals surface area contributed by atoms with Gasteiger partial charge in [0.2, 0.25) is 0 Å². The van der Waals surface area contributed by atoms with Gasteiger partial charge in [-0.15, -0.1) is 11.6 Å². The van der Waals surface area contributed by atoms with E-state index in [1.165, 1.54) is 5.57 Å². The summed E-state index contributed by atoms with van der Waals surface area (Å²) in [6.45, 7) is 0. The quantitative estimate of drug-likeness (QED) is 0.579. The van der Waals surface area contributed by atoms with E-state index in [0.717, 1.165) is 30.2 Å². The molecule has 0 N–H and O–H groups in total. The van der Waals surface area contributed by atoms with Crippen molar-refractivity contribution >= 4 is 23.2 Å². The summed E-state index contributed by atoms with van der Waals surface area (Å²) in [5.41, 5.74) is 1.41. The lowest BCUT2D eigenvalue weighted by Crippen LogP contribution is -1.81. The van der Waals surface area contributed by atoms with Crippen LogP contribution in [-0.2, 0) is 0 Å². The van der Waals surface area contributed by atoms with Gasteiger partial charge in [0.15, 0.2) is 0 Å². The fraction of sp³-hybridized carbons (Fsp3) is 0.500. The van der Waals surface area contributed by atoms with Crippen molar-refractivity contribution in [1.82, 2.24) is 0 Å². The van der Waals surface area contributed by atoms with E-state index in [2.05, 4.69) is 6.08 Å². The molecule has 0 aromatic heterocycles. The third-order valence-corrected chi connectivity index (χ3v) is 2.05. The number of allylic oxidation sites excluding steroid dienone is 4. The largest absolute Gasteiger partial charge is 0.127 e. The first-order chi connectivity index (χ1) is 4.83. The summed E-state index contributed by atoms with van der Waals surface area (Å²) >= 11 is 11.3. The van der Waals surface area contributed by atoms with Gasteiger partial charge in [-0.2, -0.15) is 0 Å². The molecule has 0 aromatic rings. The van der Waals surface area contributed by atoms with Crippen LogP contribution < -0.4 is 0 Å². The van der Waals surface area contributed by atoms with Crippen molar-refractivity contribution in [2.75, 3.05) is 5.88 Å². The highest BCUT2D eigenvalue weighted by Gasteiger charge is 2.04. The summed E-state index contributed by atoms with van der Waals surface area (Å²) in [5, 5.41) is 0.949. The zero-order chi connectivity index (χ0) is 7.40. The van der Waals surface area contributed by atoms with E-state index >= 15 is 0 Å². The summed E-state index contributed by atoms with van der Waals surface area (Å²) in [6, 6.07) is 0. The molecule has 1 aliphatic carbocycles. The van der Waals surface area contributed by atoms with E-state index in [-0.39, 0.29) is 0 Å². The molecule has 0 nitrogen and oxygen atoms in total. The molecule has 0 unspecified atom stereocenters. The van der Waals surface area contributed by atoms with Crippen LogP contribution in [0.2, 0.25) is 0 Å². The van der Waals surface area contributed by atoms with Gasteiger partial charge in [-0.25, -0.2) is 0 Å². The number of rotatable bonds is 3. The van der Waals surface area contributed by atoms with Crippen molar-refractivity contribution < 1.29 is 0 Å². The summed E-state index contributed by atoms with van der Waals surface area (Å²) in [6.07, 6.45) is 7.15. The molecule has 0 spiro atoms. The van der Waals surface area contributed by atoms with E-state index < -0.39 is 0 Å². The van der Waals surface area contributed by atoms with E-state index in [1.807, 2.05) is 6.08 Å². The maximum Gasteiger partial charge on any atom is 0.0226 e. The molecule has 56 valence electrons. The molecule has 1 rings (SSSR count). The van der Waals surface area contributed by atoms with Gasteiger partial charge in [0.25, 0.3) is 0 Å². The molecule has 0 radical (unpaired) electrons. The Bertz CT molecular complexity index is 168. The Balaban J connectivity index is 2.22. The van der Waals surface area contributed by atoms with Crippen LogP contribution in [0.4, 0.5) is 0 Å². The highest BCUT2D eigenvalue weighted by atomic mass is 35.5. The fourth-order valence-corrected chi connectivity index (χ4v) is 1.38. The fourth-order valence-electron chi connectivity index (χ4n) is 1.01. The molecule has 2 heteroatoms. The maximum absolute atomic E-state index is 5.76. The SMILES string of the molecule is ClCCCC1=CC=C(Cl)C1. The highest BCUT2D eigenvalue weighted by Crippen LogP contribution is 2.24. The third-order valence-electron chi connectivity index (χ3n) is 1.53. The minimum Gasteiger partial charge on any atom is -0.127 e. The van der Waals surface area contributed by atoms with Gasteiger partial charge in [-0.1, -0.05) is 23.3 Å². The van der Waals surface area contributed by atoms with Crippen LogP contribution in [0.5, 0.6) is 0 Å². The zero-order valence-corrected chi connectivity index (χ0v) is 7.25. The van der Waals surface area contributed by atoms with Crippen LogP contribution in [0.25, 0.3) is 0 Å². The second kappa shape index (κ2) is 4.05. The first-order valence-electron chi connectivity index (χ1n) is 3.43. The smallest absolute Gasteiger partial charge is 0.0226 e. The van der Waals surface area contributed by atoms with Crippen LogP contribution in [-0.4, -0.2) is 5.88 Å². The van der Waals surface area contributed by atoms with Crippen molar-refractivity contribution in [2.45, 2.75) is 19.3 Å². The lowest BCUT2D eigenvalue weighted by Gasteiger charge is -1.97. The number of hydrogen-bond donors (Lipinski definition) is 0. The van der Waals surface area contributed by atoms with Crippen molar-refractivity contribution in [3.63, 3.8) is 0 Å². The van der Waals surface area contributed by atoms with Crippen LogP contribution in [0.1, 0.15) is 19.3 Å². The average Bonchev–Trinajstić information content (AvgIpc) is 2.31. The zero-order valence-electron chi connectivity index (χ0n) is 5.74. The molecule has 0 atom stereocenters. The van der Waals surface area contributed by atoms with Crippen molar-refractivity contribution in [3.05, 3.63) is 22.8 Å². The van der Waals surface area contributed by atoms with Crippen LogP contribution >= 0.6 is 23.2 Å². The topological polar surface area (TPSA) is 0 Å². The Kier molecular flexibility index (Phi) is 3.30. The minimum absolute atomic E-state index is 0.745. The Labute approximate surface area is 71.5 Å². The van der Waals surface area contributed by atoms with Crippen molar-refractivity contribution in [3.8, 4) is 0 Å². The van der Waals surface area contributed by atoms with E-state index in [0.29, 0.717) is 0 Å². The summed E-state index contributed by atoms with van der Waals surface area (Å²) in [5.74, 6) is 0.745. The Morgan fingerprint density at radius 3 is 2.70 bits per heavy atom. The number of alkyl halides is 1. The first-order valence-corrected chi connectivity index (χ1v) is 4.34. The Hall–Kier alpha value is 0.0600. The van der Waals surface area contributed by atoms with Gasteiger partial charge in [0, 0.05) is 17.3 Å². The molecule has 0 saturated heterocycles. The normalized spacial score (nSPS) is 17.0. The van der Waals surface area contributed by atoms with Crippen LogP contribution in [0.3, 0.4) is 0 Å². The first kappa shape index (κ1) is 8.16. The molecule has 10 heavy (non-hydrogen) atoms. The van der Waals surface area contributed by atoms with E-state index in [9.17, 15) is 0 Å². The lowest BCUT2D eigenvalue weighted by molar-refractivity contribution is 0.890. The van der Waals surface area contributed by atoms with Crippen molar-refractivity contribution in [2.24, 2.45) is 0 Å². The number of hydrogen-bond acceptors (Lipinski definition) is 0. The molecular weight excluding hydrogens is 167 g/mol. The second-order valence-corrected chi connectivity index (χ2v) is 3.27. The van der Waals surface area contributed by atoms with E-state index in [4.69, 9.17) is 23.2 Å². The molecule has 0 aliphatic heterocycles. The Morgan fingerprint density at radius 1 is 1.40 bits per heavy atom. The number of halogens is 2. The predicted octanol–water partition coefficient (Wildman–Crippen LogP) is 3.46. The standard InChI is InChI=1S/C8H10Cl2/c9-5-1-2-7-3-4-8(10)6-7/h3-4H,1-2,5-6H2. The van der Waals surface area contributed by atoms with Gasteiger partial charge in [0.1, 0.15) is 0 Å². The molecule has 1 aliphatic rings. The van der Waals surface area contributed by atoms with Gasteiger partial charge in [-0.05, 0) is 18.9 Å². The predicted molar refractivity (Wildman–Crippen MR) is 46.6 cm³/mol. The van der Waals surface area contributed by atoms with Crippen molar-refractivity contribution in [1.29, 1.82) is 0 Å². The molecule has 0 fully saturated rings. The van der Waals surface area contributed by atoms with E-state index in [1.54, 1.807) is 0 Å². The van der Waals surface area contributed by atoms with Crippen LogP contribution in [0, 0.1) is 0 Å². The molecule has 0 amide bonds. The third kappa shape index (κ3) is 2.36. The minimum atomic E-state index is 0.745. The summed E-state index contributed by atoms with van der Waals surface area (Å²) < 4.78 is 0. The molecule has 0 heterocycles. The summed E-state index contributed by atoms with van der Waals surface area (Å²) in [7, 11) is 0. The second-order valence-electron chi connectivity index (χ2n) is 2.41. The Morgan fingerprint density at radius 2 is 2.20 bits per heavy atom. The lowest BCUT2D eigenvalue weighted by atomic mass is 10.1. The average molecular weight is 177 g/mol. The molecule has 0 bridgehead atoms. The van der Waals surface area contributed by atoms with Gasteiger partial charge < -0.3 is 0 Å². The van der Waals surface area contributed by atoms with Gasteiger partial charge in [0.05, 0.1) is 0 Å². The highest BCUT2D eigenvalue weighted by molar-refractivity contribution is 6.30. The molecular formula is C8H10Cl2. The maximum atomic E-state index is 5.76. The van der Waals surface area contributed by atoms with Gasteiger partial charge in [-0.3, -0.25) is 0 Å². The summed E-state index contributed by atoms with van der Waals surface area (Å²) in [4.78, 5) is 0. The monoisotopic (exact) mass is 176 g/mol. The molecule has 0 aromatic carbocycles. The van der Waals surface area contributed by atoms with Crippen LogP contribution in [0.15, 0.2) is 22.8 Å².